The quantitative estimate of drug-likeness (QED) is 0.467. The molecule has 30 heavy (non-hydrogen) atoms. The first-order valence-electron chi connectivity index (χ1n) is 10.7. The van der Waals surface area contributed by atoms with Crippen LogP contribution < -0.4 is 20.1 Å². The minimum absolute atomic E-state index is 0.0874. The fourth-order valence-corrected chi connectivity index (χ4v) is 3.27. The number of hydrogen-bond donors (Lipinski definition) is 2. The lowest BCUT2D eigenvalue weighted by Crippen LogP contribution is -2.50. The number of nitrogens with zero attached hydrogens (tertiary/aromatic N) is 3. The predicted molar refractivity (Wildman–Crippen MR) is 120 cm³/mol. The molecule has 0 saturated carbocycles. The van der Waals surface area contributed by atoms with E-state index in [9.17, 15) is 4.79 Å². The second-order valence-corrected chi connectivity index (χ2v) is 7.78. The first-order chi connectivity index (χ1) is 14.4. The molecule has 1 aliphatic rings. The molecule has 8 nitrogen and oxygen atoms in total. The summed E-state index contributed by atoms with van der Waals surface area (Å²) in [7, 11) is 5.24. The van der Waals surface area contributed by atoms with E-state index in [1.807, 2.05) is 31.2 Å². The molecular formula is C22H37N5O3. The molecule has 168 valence electrons. The number of carbonyl (C=O) groups is 1. The Morgan fingerprint density at radius 2 is 1.93 bits per heavy atom. The lowest BCUT2D eigenvalue weighted by Gasteiger charge is -2.33. The smallest absolute Gasteiger partial charge is 0.236 e. The minimum atomic E-state index is -0.0874. The monoisotopic (exact) mass is 419 g/mol. The van der Waals surface area contributed by atoms with E-state index in [-0.39, 0.29) is 12.0 Å². The van der Waals surface area contributed by atoms with Gasteiger partial charge in [-0.25, -0.2) is 4.99 Å². The first-order valence-corrected chi connectivity index (χ1v) is 10.7. The molecule has 1 atom stereocenters. The Bertz CT molecular complexity index is 687. The van der Waals surface area contributed by atoms with Crippen molar-refractivity contribution in [3.05, 3.63) is 24.3 Å². The number of likely N-dealkylation sites (tertiary alicyclic amines) is 1. The molecule has 0 spiro atoms. The molecule has 1 aliphatic heterocycles. The van der Waals surface area contributed by atoms with Crippen molar-refractivity contribution in [2.24, 2.45) is 4.99 Å². The maximum Gasteiger partial charge on any atom is 0.236 e. The van der Waals surface area contributed by atoms with E-state index in [0.717, 1.165) is 49.9 Å². The van der Waals surface area contributed by atoms with Crippen molar-refractivity contribution in [1.29, 1.82) is 0 Å². The molecule has 8 heteroatoms. The van der Waals surface area contributed by atoms with Gasteiger partial charge in [0.2, 0.25) is 5.91 Å². The molecule has 0 aliphatic carbocycles. The highest BCUT2D eigenvalue weighted by atomic mass is 16.5. The van der Waals surface area contributed by atoms with E-state index in [1.165, 1.54) is 0 Å². The van der Waals surface area contributed by atoms with Crippen molar-refractivity contribution < 1.29 is 14.3 Å². The van der Waals surface area contributed by atoms with Crippen LogP contribution in [0.2, 0.25) is 0 Å². The average Bonchev–Trinajstić information content (AvgIpc) is 2.74. The number of hydrogen-bond acceptors (Lipinski definition) is 5. The maximum absolute atomic E-state index is 11.9. The van der Waals surface area contributed by atoms with Gasteiger partial charge >= 0.3 is 0 Å². The number of nitrogens with one attached hydrogen (secondary N) is 2. The Kier molecular flexibility index (Phi) is 9.73. The highest BCUT2D eigenvalue weighted by Crippen LogP contribution is 2.26. The molecule has 2 N–H and O–H groups in total. The van der Waals surface area contributed by atoms with Crippen LogP contribution in [0.25, 0.3) is 0 Å². The summed E-state index contributed by atoms with van der Waals surface area (Å²) < 4.78 is 11.3. The van der Waals surface area contributed by atoms with Gasteiger partial charge in [0.15, 0.2) is 17.5 Å². The SMILES string of the molecule is CCNC(=NCC(C)Oc1ccccc1OC)NC1CCN(CC(=O)N(C)C)CC1. The standard InChI is InChI=1S/C22H37N5O3/c1-6-23-22(24-15-17(2)30-20-10-8-7-9-19(20)29-5)25-18-11-13-27(14-12-18)16-21(28)26(3)4/h7-10,17-18H,6,11-16H2,1-5H3,(H2,23,24,25). The van der Waals surface area contributed by atoms with Gasteiger partial charge in [0.05, 0.1) is 20.2 Å². The number of aliphatic imine (C=N–C) groups is 1. The Hall–Kier alpha value is -2.48. The molecule has 1 aromatic carbocycles. The van der Waals surface area contributed by atoms with Crippen LogP contribution in [0.15, 0.2) is 29.3 Å². The third-order valence-electron chi connectivity index (χ3n) is 5.03. The Balaban J connectivity index is 1.83. The number of benzene rings is 1. The Morgan fingerprint density at radius 3 is 2.53 bits per heavy atom. The van der Waals surface area contributed by atoms with Crippen molar-refractivity contribution in [1.82, 2.24) is 20.4 Å². The van der Waals surface area contributed by atoms with Gasteiger partial charge < -0.3 is 25.0 Å². The summed E-state index contributed by atoms with van der Waals surface area (Å²) in [4.78, 5) is 20.5. The molecule has 1 unspecified atom stereocenters. The van der Waals surface area contributed by atoms with Crippen LogP contribution in [-0.2, 0) is 4.79 Å². The summed E-state index contributed by atoms with van der Waals surface area (Å²) in [5.41, 5.74) is 0. The molecule has 1 heterocycles. The van der Waals surface area contributed by atoms with Crippen molar-refractivity contribution in [2.75, 3.05) is 53.9 Å². The third-order valence-corrected chi connectivity index (χ3v) is 5.03. The predicted octanol–water partition coefficient (Wildman–Crippen LogP) is 1.57. The summed E-state index contributed by atoms with van der Waals surface area (Å²) in [5.74, 6) is 2.40. The van der Waals surface area contributed by atoms with Gasteiger partial charge in [0.1, 0.15) is 6.10 Å². The molecule has 1 saturated heterocycles. The first kappa shape index (κ1) is 23.8. The number of methoxy groups -OCH3 is 1. The largest absolute Gasteiger partial charge is 0.493 e. The van der Waals surface area contributed by atoms with Gasteiger partial charge in [-0.3, -0.25) is 9.69 Å². The van der Waals surface area contributed by atoms with Gasteiger partial charge in [-0.15, -0.1) is 0 Å². The zero-order valence-corrected chi connectivity index (χ0v) is 19.0. The third kappa shape index (κ3) is 7.74. The molecular weight excluding hydrogens is 382 g/mol. The van der Waals surface area contributed by atoms with E-state index < -0.39 is 0 Å². The van der Waals surface area contributed by atoms with Crippen LogP contribution in [0.5, 0.6) is 11.5 Å². The number of guanidine groups is 1. The van der Waals surface area contributed by atoms with Crippen molar-refractivity contribution in [3.63, 3.8) is 0 Å². The van der Waals surface area contributed by atoms with E-state index in [0.29, 0.717) is 19.1 Å². The highest BCUT2D eigenvalue weighted by molar-refractivity contribution is 5.80. The Morgan fingerprint density at radius 1 is 1.27 bits per heavy atom. The van der Waals surface area contributed by atoms with Gasteiger partial charge in [0, 0.05) is 39.8 Å². The topological polar surface area (TPSA) is 78.4 Å². The second-order valence-electron chi connectivity index (χ2n) is 7.78. The van der Waals surface area contributed by atoms with Crippen molar-refractivity contribution >= 4 is 11.9 Å². The van der Waals surface area contributed by atoms with Crippen LogP contribution >= 0.6 is 0 Å². The van der Waals surface area contributed by atoms with Gasteiger partial charge in [-0.05, 0) is 38.8 Å². The zero-order valence-electron chi connectivity index (χ0n) is 19.0. The molecule has 2 rings (SSSR count). The van der Waals surface area contributed by atoms with E-state index in [4.69, 9.17) is 14.5 Å². The number of para-hydroxylation sites is 2. The number of likely N-dealkylation sites (N-methyl/N-ethyl adjacent to an activating group) is 1. The Labute approximate surface area is 180 Å². The summed E-state index contributed by atoms with van der Waals surface area (Å²) in [6, 6.07) is 7.98. The zero-order chi connectivity index (χ0) is 21.9. The number of ether oxygens (including phenoxy) is 2. The maximum atomic E-state index is 11.9. The number of carbonyl (C=O) groups excluding carboxylic acids is 1. The van der Waals surface area contributed by atoms with E-state index in [2.05, 4.69) is 22.5 Å². The minimum Gasteiger partial charge on any atom is -0.493 e. The van der Waals surface area contributed by atoms with Crippen LogP contribution in [0.1, 0.15) is 26.7 Å². The number of piperidine rings is 1. The normalized spacial score (nSPS) is 16.6. The van der Waals surface area contributed by atoms with Crippen molar-refractivity contribution in [2.45, 2.75) is 38.8 Å². The van der Waals surface area contributed by atoms with Gasteiger partial charge in [-0.1, -0.05) is 12.1 Å². The summed E-state index contributed by atoms with van der Waals surface area (Å²) in [6.07, 6.45) is 1.88. The molecule has 1 amide bonds. The molecule has 0 bridgehead atoms. The lowest BCUT2D eigenvalue weighted by atomic mass is 10.1. The van der Waals surface area contributed by atoms with Crippen LogP contribution in [-0.4, -0.2) is 87.7 Å². The second kappa shape index (κ2) is 12.3. The molecule has 0 radical (unpaired) electrons. The summed E-state index contributed by atoms with van der Waals surface area (Å²) >= 11 is 0. The van der Waals surface area contributed by atoms with E-state index in [1.54, 1.807) is 26.1 Å². The fraction of sp³-hybridized carbons (Fsp3) is 0.636. The van der Waals surface area contributed by atoms with Crippen LogP contribution in [0.4, 0.5) is 0 Å². The molecule has 1 fully saturated rings. The summed E-state index contributed by atoms with van der Waals surface area (Å²) in [5, 5.41) is 6.85. The number of rotatable bonds is 9. The fourth-order valence-electron chi connectivity index (χ4n) is 3.27. The highest BCUT2D eigenvalue weighted by Gasteiger charge is 2.22. The van der Waals surface area contributed by atoms with Gasteiger partial charge in [-0.2, -0.15) is 0 Å². The average molecular weight is 420 g/mol. The van der Waals surface area contributed by atoms with Crippen molar-refractivity contribution in [3.8, 4) is 11.5 Å². The molecule has 1 aromatic rings. The summed E-state index contributed by atoms with van der Waals surface area (Å²) in [6.45, 7) is 7.69. The van der Waals surface area contributed by atoms with Gasteiger partial charge in [0.25, 0.3) is 0 Å². The number of amides is 1. The lowest BCUT2D eigenvalue weighted by molar-refractivity contribution is -0.130. The van der Waals surface area contributed by atoms with Crippen LogP contribution in [0, 0.1) is 0 Å². The van der Waals surface area contributed by atoms with E-state index >= 15 is 0 Å². The molecule has 0 aromatic heterocycles. The van der Waals surface area contributed by atoms with Crippen LogP contribution in [0.3, 0.4) is 0 Å².